The zero-order chi connectivity index (χ0) is 5.61. The van der Waals surface area contributed by atoms with Crippen molar-refractivity contribution in [3.05, 3.63) is 0 Å². The minimum Gasteiger partial charge on any atom is -0.271 e. The van der Waals surface area contributed by atoms with Crippen LogP contribution in [0, 0.1) is 5.92 Å². The minimum atomic E-state index is 0.431. The molecule has 0 aromatic heterocycles. The zero-order valence-corrected chi connectivity index (χ0v) is 4.98. The van der Waals surface area contributed by atoms with Crippen LogP contribution in [0.1, 0.15) is 25.7 Å². The van der Waals surface area contributed by atoms with Crippen molar-refractivity contribution < 1.29 is 0 Å². The van der Waals surface area contributed by atoms with Crippen LogP contribution in [0.5, 0.6) is 0 Å². The van der Waals surface area contributed by atoms with Gasteiger partial charge in [-0.15, -0.1) is 0 Å². The molecule has 0 amide bonds. The van der Waals surface area contributed by atoms with Crippen molar-refractivity contribution in [3.8, 4) is 0 Å². The lowest BCUT2D eigenvalue weighted by atomic mass is 10.2. The fraction of sp³-hybridized carbons (Fsp3) is 1.00. The average Bonchev–Trinajstić information content (AvgIpc) is 2.38. The smallest absolute Gasteiger partial charge is 0.0353 e. The SMILES string of the molecule is NNC12CCCC1C2. The van der Waals surface area contributed by atoms with Crippen LogP contribution < -0.4 is 11.3 Å². The molecule has 2 heteroatoms. The van der Waals surface area contributed by atoms with E-state index in [0.29, 0.717) is 5.54 Å². The van der Waals surface area contributed by atoms with Gasteiger partial charge in [-0.2, -0.15) is 0 Å². The van der Waals surface area contributed by atoms with Gasteiger partial charge in [-0.05, 0) is 25.2 Å². The van der Waals surface area contributed by atoms with Gasteiger partial charge in [0.25, 0.3) is 0 Å². The van der Waals surface area contributed by atoms with Crippen molar-refractivity contribution in [2.75, 3.05) is 0 Å². The van der Waals surface area contributed by atoms with Crippen LogP contribution in [0.15, 0.2) is 0 Å². The molecule has 2 atom stereocenters. The monoisotopic (exact) mass is 112 g/mol. The summed E-state index contributed by atoms with van der Waals surface area (Å²) in [5.74, 6) is 6.30. The number of hydrogen-bond acceptors (Lipinski definition) is 2. The van der Waals surface area contributed by atoms with E-state index in [0.717, 1.165) is 5.92 Å². The highest BCUT2D eigenvalue weighted by Gasteiger charge is 2.56. The molecule has 2 aliphatic rings. The summed E-state index contributed by atoms with van der Waals surface area (Å²) in [4.78, 5) is 0. The predicted octanol–water partition coefficient (Wildman–Crippen LogP) is 0.392. The maximum atomic E-state index is 5.36. The molecule has 2 aliphatic carbocycles. The summed E-state index contributed by atoms with van der Waals surface area (Å²) in [6.07, 6.45) is 5.44. The molecular weight excluding hydrogens is 100 g/mol. The Bertz CT molecular complexity index is 109. The van der Waals surface area contributed by atoms with Crippen molar-refractivity contribution in [1.82, 2.24) is 5.43 Å². The number of rotatable bonds is 1. The Morgan fingerprint density at radius 2 is 2.50 bits per heavy atom. The molecule has 2 saturated carbocycles. The lowest BCUT2D eigenvalue weighted by Gasteiger charge is -2.07. The Hall–Kier alpha value is -0.0800. The summed E-state index contributed by atoms with van der Waals surface area (Å²) in [5, 5.41) is 0. The summed E-state index contributed by atoms with van der Waals surface area (Å²) >= 11 is 0. The topological polar surface area (TPSA) is 38.0 Å². The second-order valence-corrected chi connectivity index (χ2v) is 3.09. The van der Waals surface area contributed by atoms with Crippen LogP contribution in [0.4, 0.5) is 0 Å². The van der Waals surface area contributed by atoms with Crippen molar-refractivity contribution in [3.63, 3.8) is 0 Å². The fourth-order valence-electron chi connectivity index (χ4n) is 1.98. The number of nitrogens with two attached hydrogens (primary N) is 1. The second kappa shape index (κ2) is 1.25. The number of nitrogens with one attached hydrogen (secondary N) is 1. The third kappa shape index (κ3) is 0.400. The molecule has 2 fully saturated rings. The van der Waals surface area contributed by atoms with E-state index < -0.39 is 0 Å². The first-order chi connectivity index (χ1) is 3.87. The van der Waals surface area contributed by atoms with Gasteiger partial charge in [0.05, 0.1) is 0 Å². The Balaban J connectivity index is 2.08. The second-order valence-electron chi connectivity index (χ2n) is 3.09. The van der Waals surface area contributed by atoms with Crippen molar-refractivity contribution in [2.45, 2.75) is 31.2 Å². The van der Waals surface area contributed by atoms with E-state index in [4.69, 9.17) is 5.84 Å². The van der Waals surface area contributed by atoms with Gasteiger partial charge < -0.3 is 0 Å². The van der Waals surface area contributed by atoms with E-state index in [9.17, 15) is 0 Å². The largest absolute Gasteiger partial charge is 0.271 e. The van der Waals surface area contributed by atoms with Crippen LogP contribution in [0.2, 0.25) is 0 Å². The first-order valence-corrected chi connectivity index (χ1v) is 3.35. The van der Waals surface area contributed by atoms with Gasteiger partial charge in [0.15, 0.2) is 0 Å². The molecule has 0 aromatic carbocycles. The normalized spacial score (nSPS) is 51.4. The molecule has 0 aromatic rings. The highest BCUT2D eigenvalue weighted by Crippen LogP contribution is 2.54. The number of hydrazine groups is 1. The molecule has 46 valence electrons. The molecule has 2 rings (SSSR count). The summed E-state index contributed by atoms with van der Waals surface area (Å²) in [5.41, 5.74) is 3.34. The van der Waals surface area contributed by atoms with Crippen molar-refractivity contribution >= 4 is 0 Å². The lowest BCUT2D eigenvalue weighted by molar-refractivity contribution is 0.496. The molecular formula is C6H12N2. The van der Waals surface area contributed by atoms with Gasteiger partial charge in [-0.1, -0.05) is 6.42 Å². The van der Waals surface area contributed by atoms with Crippen LogP contribution >= 0.6 is 0 Å². The maximum absolute atomic E-state index is 5.36. The van der Waals surface area contributed by atoms with Gasteiger partial charge in [0, 0.05) is 5.54 Å². The molecule has 0 spiro atoms. The molecule has 8 heavy (non-hydrogen) atoms. The van der Waals surface area contributed by atoms with E-state index in [1.807, 2.05) is 0 Å². The summed E-state index contributed by atoms with van der Waals surface area (Å²) in [7, 11) is 0. The first-order valence-electron chi connectivity index (χ1n) is 3.35. The first kappa shape index (κ1) is 4.77. The quantitative estimate of drug-likeness (QED) is 0.380. The summed E-state index contributed by atoms with van der Waals surface area (Å²) < 4.78 is 0. The van der Waals surface area contributed by atoms with E-state index in [1.165, 1.54) is 25.7 Å². The van der Waals surface area contributed by atoms with Crippen LogP contribution in [0.3, 0.4) is 0 Å². The molecule has 0 heterocycles. The lowest BCUT2D eigenvalue weighted by Crippen LogP contribution is -2.36. The van der Waals surface area contributed by atoms with Crippen molar-refractivity contribution in [2.24, 2.45) is 11.8 Å². The van der Waals surface area contributed by atoms with Crippen molar-refractivity contribution in [1.29, 1.82) is 0 Å². The maximum Gasteiger partial charge on any atom is 0.0353 e. The molecule has 0 bridgehead atoms. The summed E-state index contributed by atoms with van der Waals surface area (Å²) in [6, 6.07) is 0. The van der Waals surface area contributed by atoms with E-state index in [-0.39, 0.29) is 0 Å². The third-order valence-corrected chi connectivity index (χ3v) is 2.69. The molecule has 3 N–H and O–H groups in total. The van der Waals surface area contributed by atoms with Gasteiger partial charge in [0.2, 0.25) is 0 Å². The predicted molar refractivity (Wildman–Crippen MR) is 32.0 cm³/mol. The Morgan fingerprint density at radius 3 is 2.75 bits per heavy atom. The highest BCUT2D eigenvalue weighted by atomic mass is 15.3. The zero-order valence-electron chi connectivity index (χ0n) is 4.98. The van der Waals surface area contributed by atoms with Gasteiger partial charge in [0.1, 0.15) is 0 Å². The fourth-order valence-corrected chi connectivity index (χ4v) is 1.98. The number of hydrogen-bond donors (Lipinski definition) is 2. The molecule has 0 radical (unpaired) electrons. The molecule has 0 aliphatic heterocycles. The van der Waals surface area contributed by atoms with Crippen LogP contribution in [0.25, 0.3) is 0 Å². The Morgan fingerprint density at radius 1 is 1.62 bits per heavy atom. The standard InChI is InChI=1S/C6H12N2/c7-8-6-3-1-2-5(6)4-6/h5,8H,1-4,7H2. The van der Waals surface area contributed by atoms with Gasteiger partial charge in [-0.3, -0.25) is 11.3 Å². The van der Waals surface area contributed by atoms with Crippen LogP contribution in [-0.4, -0.2) is 5.54 Å². The van der Waals surface area contributed by atoms with Crippen LogP contribution in [-0.2, 0) is 0 Å². The number of fused-ring (bicyclic) bond motifs is 1. The third-order valence-electron chi connectivity index (χ3n) is 2.69. The van der Waals surface area contributed by atoms with E-state index in [2.05, 4.69) is 5.43 Å². The molecule has 2 nitrogen and oxygen atoms in total. The highest BCUT2D eigenvalue weighted by molar-refractivity contribution is 5.12. The average molecular weight is 112 g/mol. The van der Waals surface area contributed by atoms with Gasteiger partial charge in [-0.25, -0.2) is 0 Å². The van der Waals surface area contributed by atoms with E-state index >= 15 is 0 Å². The van der Waals surface area contributed by atoms with E-state index in [1.54, 1.807) is 0 Å². The van der Waals surface area contributed by atoms with Gasteiger partial charge >= 0.3 is 0 Å². The molecule has 2 unspecified atom stereocenters. The molecule has 0 saturated heterocycles. The Labute approximate surface area is 49.4 Å². The minimum absolute atomic E-state index is 0.431. The summed E-state index contributed by atoms with van der Waals surface area (Å²) in [6.45, 7) is 0. The Kier molecular flexibility index (Phi) is 0.746.